The van der Waals surface area contributed by atoms with Gasteiger partial charge in [-0.3, -0.25) is 0 Å². The molecule has 0 spiro atoms. The van der Waals surface area contributed by atoms with Crippen molar-refractivity contribution in [1.29, 1.82) is 0 Å². The number of nitrogens with zero attached hydrogens (tertiary/aromatic N) is 2. The Hall–Kier alpha value is -0.790. The molecule has 0 fully saturated rings. The van der Waals surface area contributed by atoms with E-state index in [-0.39, 0.29) is 0 Å². The van der Waals surface area contributed by atoms with E-state index in [2.05, 4.69) is 27.7 Å². The number of aromatic nitrogens is 2. The molecule has 4 nitrogen and oxygen atoms in total. The average molecular weight is 376 g/mol. The maximum absolute atomic E-state index is 6.28. The number of anilines is 1. The highest BCUT2D eigenvalue weighted by molar-refractivity contribution is 14.1. The molecular formula is C12H11ClIN3O. The van der Waals surface area contributed by atoms with Crippen molar-refractivity contribution in [3.05, 3.63) is 38.0 Å². The highest BCUT2D eigenvalue weighted by atomic mass is 127. The zero-order valence-electron chi connectivity index (χ0n) is 9.49. The van der Waals surface area contributed by atoms with Crippen LogP contribution in [0.3, 0.4) is 0 Å². The number of nitrogens with two attached hydrogens (primary N) is 1. The lowest BCUT2D eigenvalue weighted by Crippen LogP contribution is -2.13. The summed E-state index contributed by atoms with van der Waals surface area (Å²) in [5.41, 5.74) is 8.87. The molecule has 1 aromatic carbocycles. The molecule has 18 heavy (non-hydrogen) atoms. The number of rotatable bonds is 1. The third kappa shape index (κ3) is 2.00. The standard InChI is InChI=1S/C12H11ClIN3O/c13-9-5-7(14)1-2-11(9)17-10-3-4-18-6-8(10)12(15)16-17/h1-2,5H,3-4,6H2,(H2,15,16). The SMILES string of the molecule is Nc1nn(-c2ccc(I)cc2Cl)c2c1COCC2. The number of hydrogen-bond acceptors (Lipinski definition) is 3. The molecule has 0 saturated heterocycles. The van der Waals surface area contributed by atoms with Gasteiger partial charge in [0.05, 0.1) is 29.6 Å². The summed E-state index contributed by atoms with van der Waals surface area (Å²) in [7, 11) is 0. The van der Waals surface area contributed by atoms with Crippen molar-refractivity contribution < 1.29 is 4.74 Å². The number of hydrogen-bond donors (Lipinski definition) is 1. The maximum atomic E-state index is 6.28. The van der Waals surface area contributed by atoms with E-state index >= 15 is 0 Å². The van der Waals surface area contributed by atoms with Crippen LogP contribution in [0.4, 0.5) is 5.82 Å². The molecular weight excluding hydrogens is 365 g/mol. The molecule has 0 radical (unpaired) electrons. The second-order valence-electron chi connectivity index (χ2n) is 4.12. The Labute approximate surface area is 123 Å². The third-order valence-corrected chi connectivity index (χ3v) is 3.96. The fourth-order valence-electron chi connectivity index (χ4n) is 2.11. The van der Waals surface area contributed by atoms with Gasteiger partial charge in [-0.1, -0.05) is 11.6 Å². The van der Waals surface area contributed by atoms with Crippen LogP contribution >= 0.6 is 34.2 Å². The smallest absolute Gasteiger partial charge is 0.151 e. The van der Waals surface area contributed by atoms with E-state index in [1.807, 2.05) is 22.9 Å². The van der Waals surface area contributed by atoms with Crippen molar-refractivity contribution in [2.75, 3.05) is 12.3 Å². The fraction of sp³-hybridized carbons (Fsp3) is 0.250. The minimum atomic E-state index is 0.527. The Balaban J connectivity index is 2.17. The van der Waals surface area contributed by atoms with Crippen LogP contribution in [0.1, 0.15) is 11.3 Å². The highest BCUT2D eigenvalue weighted by Gasteiger charge is 2.21. The fourth-order valence-corrected chi connectivity index (χ4v) is 3.05. The zero-order chi connectivity index (χ0) is 12.7. The van der Waals surface area contributed by atoms with Crippen molar-refractivity contribution in [2.24, 2.45) is 0 Å². The van der Waals surface area contributed by atoms with Crippen LogP contribution in [0.25, 0.3) is 5.69 Å². The third-order valence-electron chi connectivity index (χ3n) is 2.99. The van der Waals surface area contributed by atoms with Crippen molar-refractivity contribution in [1.82, 2.24) is 9.78 Å². The molecule has 0 aliphatic carbocycles. The molecule has 0 saturated carbocycles. The van der Waals surface area contributed by atoms with Crippen LogP contribution in [0.2, 0.25) is 5.02 Å². The van der Waals surface area contributed by atoms with E-state index in [9.17, 15) is 0 Å². The second-order valence-corrected chi connectivity index (χ2v) is 5.77. The van der Waals surface area contributed by atoms with Gasteiger partial charge >= 0.3 is 0 Å². The molecule has 1 aliphatic heterocycles. The summed E-state index contributed by atoms with van der Waals surface area (Å²) < 4.78 is 8.34. The minimum Gasteiger partial charge on any atom is -0.382 e. The average Bonchev–Trinajstić information content (AvgIpc) is 2.68. The van der Waals surface area contributed by atoms with E-state index in [0.29, 0.717) is 24.1 Å². The minimum absolute atomic E-state index is 0.527. The lowest BCUT2D eigenvalue weighted by atomic mass is 10.1. The highest BCUT2D eigenvalue weighted by Crippen LogP contribution is 2.29. The molecule has 1 aliphatic rings. The van der Waals surface area contributed by atoms with E-state index in [4.69, 9.17) is 22.1 Å². The first-order valence-corrected chi connectivity index (χ1v) is 7.02. The molecule has 94 valence electrons. The Bertz CT molecular complexity index is 612. The van der Waals surface area contributed by atoms with Crippen molar-refractivity contribution in [3.8, 4) is 5.69 Å². The summed E-state index contributed by atoms with van der Waals surface area (Å²) in [6.45, 7) is 1.23. The van der Waals surface area contributed by atoms with Gasteiger partial charge in [-0.05, 0) is 40.8 Å². The molecule has 0 bridgehead atoms. The summed E-state index contributed by atoms with van der Waals surface area (Å²) in [6.07, 6.45) is 0.807. The summed E-state index contributed by atoms with van der Waals surface area (Å²) >= 11 is 8.51. The van der Waals surface area contributed by atoms with Gasteiger partial charge in [0.25, 0.3) is 0 Å². The zero-order valence-corrected chi connectivity index (χ0v) is 12.4. The summed E-state index contributed by atoms with van der Waals surface area (Å²) in [6, 6.07) is 5.89. The number of fused-ring (bicyclic) bond motifs is 1. The Morgan fingerprint density at radius 1 is 1.44 bits per heavy atom. The van der Waals surface area contributed by atoms with Crippen LogP contribution < -0.4 is 5.73 Å². The first kappa shape index (κ1) is 12.3. The van der Waals surface area contributed by atoms with Gasteiger partial charge in [0, 0.05) is 15.6 Å². The molecule has 1 aromatic heterocycles. The Morgan fingerprint density at radius 3 is 3.06 bits per heavy atom. The van der Waals surface area contributed by atoms with Gasteiger partial charge in [0.2, 0.25) is 0 Å². The van der Waals surface area contributed by atoms with E-state index in [1.165, 1.54) is 0 Å². The normalized spacial score (nSPS) is 14.6. The lowest BCUT2D eigenvalue weighted by molar-refractivity contribution is 0.110. The van der Waals surface area contributed by atoms with Crippen LogP contribution in [0.15, 0.2) is 18.2 Å². The van der Waals surface area contributed by atoms with E-state index in [0.717, 1.165) is 26.9 Å². The van der Waals surface area contributed by atoms with Crippen molar-refractivity contribution in [2.45, 2.75) is 13.0 Å². The lowest BCUT2D eigenvalue weighted by Gasteiger charge is -2.15. The van der Waals surface area contributed by atoms with Crippen molar-refractivity contribution >= 4 is 40.0 Å². The quantitative estimate of drug-likeness (QED) is 0.780. The summed E-state index contributed by atoms with van der Waals surface area (Å²) in [5, 5.41) is 5.06. The molecule has 2 aromatic rings. The van der Waals surface area contributed by atoms with Gasteiger partial charge in [0.1, 0.15) is 0 Å². The first-order valence-electron chi connectivity index (χ1n) is 5.56. The molecule has 0 amide bonds. The maximum Gasteiger partial charge on any atom is 0.151 e. The van der Waals surface area contributed by atoms with Gasteiger partial charge in [-0.2, -0.15) is 0 Å². The molecule has 2 N–H and O–H groups in total. The van der Waals surface area contributed by atoms with Crippen LogP contribution in [-0.4, -0.2) is 16.4 Å². The molecule has 6 heteroatoms. The van der Waals surface area contributed by atoms with Crippen LogP contribution in [-0.2, 0) is 17.8 Å². The molecule has 3 rings (SSSR count). The van der Waals surface area contributed by atoms with Crippen LogP contribution in [0.5, 0.6) is 0 Å². The topological polar surface area (TPSA) is 53.1 Å². The van der Waals surface area contributed by atoms with Gasteiger partial charge < -0.3 is 10.5 Å². The Morgan fingerprint density at radius 2 is 2.28 bits per heavy atom. The first-order chi connectivity index (χ1) is 8.66. The van der Waals surface area contributed by atoms with Crippen molar-refractivity contribution in [3.63, 3.8) is 0 Å². The predicted octanol–water partition coefficient (Wildman–Crippen LogP) is 2.79. The number of benzene rings is 1. The largest absolute Gasteiger partial charge is 0.382 e. The monoisotopic (exact) mass is 375 g/mol. The molecule has 2 heterocycles. The van der Waals surface area contributed by atoms with Gasteiger partial charge in [-0.15, -0.1) is 5.10 Å². The number of halogens is 2. The Kier molecular flexibility index (Phi) is 3.21. The molecule has 0 unspecified atom stereocenters. The second kappa shape index (κ2) is 4.71. The summed E-state index contributed by atoms with van der Waals surface area (Å²) in [4.78, 5) is 0. The van der Waals surface area contributed by atoms with E-state index in [1.54, 1.807) is 0 Å². The summed E-state index contributed by atoms with van der Waals surface area (Å²) in [5.74, 6) is 0.527. The van der Waals surface area contributed by atoms with Gasteiger partial charge in [0.15, 0.2) is 5.82 Å². The van der Waals surface area contributed by atoms with Crippen LogP contribution in [0, 0.1) is 3.57 Å². The predicted molar refractivity (Wildman–Crippen MR) is 79.1 cm³/mol. The van der Waals surface area contributed by atoms with E-state index < -0.39 is 0 Å². The van der Waals surface area contributed by atoms with Gasteiger partial charge in [-0.25, -0.2) is 4.68 Å². The number of nitrogen functional groups attached to an aromatic ring is 1. The number of ether oxygens (including phenoxy) is 1. The molecule has 0 atom stereocenters.